The summed E-state index contributed by atoms with van der Waals surface area (Å²) in [6, 6.07) is 0. The minimum absolute atomic E-state index is 0.506. The van der Waals surface area contributed by atoms with Crippen molar-refractivity contribution in [1.29, 1.82) is 0 Å². The lowest BCUT2D eigenvalue weighted by Gasteiger charge is -2.09. The van der Waals surface area contributed by atoms with Crippen LogP contribution in [0.2, 0.25) is 0 Å². The van der Waals surface area contributed by atoms with Gasteiger partial charge in [-0.15, -0.1) is 0 Å². The van der Waals surface area contributed by atoms with Gasteiger partial charge in [-0.05, 0) is 0 Å². The van der Waals surface area contributed by atoms with Crippen LogP contribution < -0.4 is 9.88 Å². The van der Waals surface area contributed by atoms with E-state index in [1.54, 1.807) is 0 Å². The van der Waals surface area contributed by atoms with E-state index < -0.39 is 38.6 Å². The number of ether oxygens (including phenoxy) is 1. The van der Waals surface area contributed by atoms with Gasteiger partial charge in [-0.1, -0.05) is 0 Å². The van der Waals surface area contributed by atoms with Crippen LogP contribution in [0.15, 0.2) is 11.2 Å². The van der Waals surface area contributed by atoms with Gasteiger partial charge in [0.25, 0.3) is 16.4 Å². The zero-order valence-corrected chi connectivity index (χ0v) is 8.76. The Morgan fingerprint density at radius 1 is 1.50 bits per heavy atom. The normalized spacial score (nSPS) is 11.9. The van der Waals surface area contributed by atoms with Crippen LogP contribution in [0.5, 0.6) is 5.75 Å². The minimum Gasteiger partial charge on any atom is -0.493 e. The molecular formula is C7H7F3N2O3S. The van der Waals surface area contributed by atoms with Gasteiger partial charge in [-0.3, -0.25) is 0 Å². The van der Waals surface area contributed by atoms with E-state index in [9.17, 15) is 21.6 Å². The lowest BCUT2D eigenvalue weighted by Crippen LogP contribution is -2.17. The first kappa shape index (κ1) is 12.7. The fourth-order valence-corrected chi connectivity index (χ4v) is 1.57. The molecule has 5 nitrogen and oxygen atoms in total. The lowest BCUT2D eigenvalue weighted by molar-refractivity contribution is 0.145. The van der Waals surface area contributed by atoms with Gasteiger partial charge in [-0.25, -0.2) is 27.3 Å². The number of nitrogens with zero attached hydrogens (tertiary/aromatic N) is 1. The number of sulfonamides is 1. The predicted octanol–water partition coefficient (Wildman–Crippen LogP) is 0.814. The van der Waals surface area contributed by atoms with Gasteiger partial charge >= 0.3 is 0 Å². The van der Waals surface area contributed by atoms with E-state index in [2.05, 4.69) is 14.9 Å². The summed E-state index contributed by atoms with van der Waals surface area (Å²) in [5, 5.41) is 3.50. The Kier molecular flexibility index (Phi) is 3.38. The highest BCUT2D eigenvalue weighted by molar-refractivity contribution is 7.89. The number of hydrogen-bond acceptors (Lipinski definition) is 4. The highest BCUT2D eigenvalue weighted by atomic mass is 32.2. The molecule has 0 amide bonds. The van der Waals surface area contributed by atoms with Crippen LogP contribution in [0, 0.1) is 5.82 Å². The first-order valence-electron chi connectivity index (χ1n) is 3.82. The Hall–Kier alpha value is -1.35. The van der Waals surface area contributed by atoms with Crippen molar-refractivity contribution in [2.24, 2.45) is 5.14 Å². The van der Waals surface area contributed by atoms with Gasteiger partial charge < -0.3 is 4.74 Å². The van der Waals surface area contributed by atoms with E-state index in [-0.39, 0.29) is 0 Å². The van der Waals surface area contributed by atoms with Gasteiger partial charge in [0.05, 0.1) is 12.7 Å². The predicted molar refractivity (Wildman–Crippen MR) is 47.1 cm³/mol. The first-order chi connectivity index (χ1) is 7.29. The summed E-state index contributed by atoms with van der Waals surface area (Å²) in [4.78, 5) is 3.03. The number of rotatable bonds is 3. The van der Waals surface area contributed by atoms with E-state index in [0.717, 1.165) is 7.11 Å². The molecule has 16 heavy (non-hydrogen) atoms. The smallest absolute Gasteiger partial charge is 0.269 e. The number of halogens is 3. The molecule has 0 aliphatic carbocycles. The lowest BCUT2D eigenvalue weighted by atomic mass is 10.2. The topological polar surface area (TPSA) is 82.3 Å². The zero-order chi connectivity index (χ0) is 12.5. The molecule has 90 valence electrons. The van der Waals surface area contributed by atoms with Crippen LogP contribution in [-0.2, 0) is 10.0 Å². The number of primary sulfonamides is 1. The van der Waals surface area contributed by atoms with Crippen LogP contribution >= 0.6 is 0 Å². The molecule has 1 rings (SSSR count). The van der Waals surface area contributed by atoms with Gasteiger partial charge in [0.2, 0.25) is 10.8 Å². The van der Waals surface area contributed by atoms with E-state index in [1.165, 1.54) is 0 Å². The summed E-state index contributed by atoms with van der Waals surface area (Å²) in [6.07, 6.45) is -2.53. The van der Waals surface area contributed by atoms with Gasteiger partial charge in [-0.2, -0.15) is 4.39 Å². The van der Waals surface area contributed by atoms with E-state index in [0.29, 0.717) is 6.20 Å². The monoisotopic (exact) mass is 256 g/mol. The molecule has 1 aromatic rings. The summed E-state index contributed by atoms with van der Waals surface area (Å²) < 4.78 is 64.1. The maximum atomic E-state index is 13.4. The molecule has 0 saturated heterocycles. The largest absolute Gasteiger partial charge is 0.493 e. The summed E-state index contributed by atoms with van der Waals surface area (Å²) in [7, 11) is -3.49. The molecule has 0 fully saturated rings. The molecule has 0 spiro atoms. The fourth-order valence-electron chi connectivity index (χ4n) is 1.03. The molecule has 0 unspecified atom stereocenters. The summed E-state index contributed by atoms with van der Waals surface area (Å²) >= 11 is 0. The Morgan fingerprint density at radius 3 is 2.44 bits per heavy atom. The van der Waals surface area contributed by atoms with Crippen molar-refractivity contribution in [3.63, 3.8) is 0 Å². The second kappa shape index (κ2) is 4.26. The van der Waals surface area contributed by atoms with E-state index in [4.69, 9.17) is 0 Å². The van der Waals surface area contributed by atoms with E-state index in [1.807, 2.05) is 0 Å². The average Bonchev–Trinajstić information content (AvgIpc) is 2.14. The number of pyridine rings is 1. The number of methoxy groups -OCH3 is 1. The van der Waals surface area contributed by atoms with Gasteiger partial charge in [0, 0.05) is 6.20 Å². The number of hydrogen-bond donors (Lipinski definition) is 1. The highest BCUT2D eigenvalue weighted by Gasteiger charge is 2.26. The van der Waals surface area contributed by atoms with Gasteiger partial charge in [0.15, 0.2) is 5.75 Å². The summed E-state index contributed by atoms with van der Waals surface area (Å²) in [5.41, 5.74) is -0.840. The second-order valence-electron chi connectivity index (χ2n) is 2.71. The molecule has 0 atom stereocenters. The van der Waals surface area contributed by atoms with Crippen LogP contribution in [0.4, 0.5) is 13.2 Å². The van der Waals surface area contributed by atoms with Crippen molar-refractivity contribution < 1.29 is 26.3 Å². The molecular weight excluding hydrogens is 249 g/mol. The molecule has 0 bridgehead atoms. The van der Waals surface area contributed by atoms with Crippen molar-refractivity contribution in [2.75, 3.05) is 7.11 Å². The Bertz CT molecular complexity index is 504. The molecule has 0 aromatic carbocycles. The molecule has 9 heteroatoms. The summed E-state index contributed by atoms with van der Waals surface area (Å²) in [6.45, 7) is 0. The van der Waals surface area contributed by atoms with Crippen molar-refractivity contribution in [3.8, 4) is 5.75 Å². The Labute approximate surface area is 89.1 Å². The van der Waals surface area contributed by atoms with Crippen LogP contribution in [0.1, 0.15) is 12.0 Å². The minimum atomic E-state index is -4.42. The summed E-state index contributed by atoms with van der Waals surface area (Å²) in [5.74, 6) is -2.41. The van der Waals surface area contributed by atoms with E-state index >= 15 is 0 Å². The van der Waals surface area contributed by atoms with Crippen LogP contribution in [-0.4, -0.2) is 20.5 Å². The van der Waals surface area contributed by atoms with Crippen LogP contribution in [0.3, 0.4) is 0 Å². The molecule has 1 aromatic heterocycles. The SMILES string of the molecule is COc1c(C(F)F)cnc(S(N)(=O)=O)c1F. The molecule has 0 saturated carbocycles. The number of aromatic nitrogens is 1. The quantitative estimate of drug-likeness (QED) is 0.867. The van der Waals surface area contributed by atoms with Crippen LogP contribution in [0.25, 0.3) is 0 Å². The second-order valence-corrected chi connectivity index (χ2v) is 4.19. The van der Waals surface area contributed by atoms with Crippen molar-refractivity contribution in [2.45, 2.75) is 11.5 Å². The molecule has 2 N–H and O–H groups in total. The fraction of sp³-hybridized carbons (Fsp3) is 0.286. The first-order valence-corrected chi connectivity index (χ1v) is 5.37. The maximum absolute atomic E-state index is 13.4. The maximum Gasteiger partial charge on any atom is 0.269 e. The molecule has 1 heterocycles. The molecule has 0 aliphatic rings. The third-order valence-corrected chi connectivity index (χ3v) is 2.50. The third-order valence-electron chi connectivity index (χ3n) is 1.68. The zero-order valence-electron chi connectivity index (χ0n) is 7.95. The third kappa shape index (κ3) is 2.25. The molecule has 0 radical (unpaired) electrons. The Balaban J connectivity index is 3.53. The standard InChI is InChI=1S/C7H7F3N2O3S/c1-15-5-3(6(9)10)2-12-7(4(5)8)16(11,13)14/h2,6H,1H3,(H2,11,13,14). The highest BCUT2D eigenvalue weighted by Crippen LogP contribution is 2.32. The molecule has 0 aliphatic heterocycles. The average molecular weight is 256 g/mol. The van der Waals surface area contributed by atoms with Crippen molar-refractivity contribution >= 4 is 10.0 Å². The number of alkyl halides is 2. The number of nitrogens with two attached hydrogens (primary N) is 1. The van der Waals surface area contributed by atoms with Crippen molar-refractivity contribution in [1.82, 2.24) is 4.98 Å². The van der Waals surface area contributed by atoms with Crippen molar-refractivity contribution in [3.05, 3.63) is 17.6 Å². The van der Waals surface area contributed by atoms with Gasteiger partial charge in [0.1, 0.15) is 0 Å². The Morgan fingerprint density at radius 2 is 2.06 bits per heavy atom.